The molecule has 1 aliphatic rings. The Bertz CT molecular complexity index is 920. The first-order valence-electron chi connectivity index (χ1n) is 8.68. The van der Waals surface area contributed by atoms with Crippen LogP contribution in [-0.4, -0.2) is 64.8 Å². The highest BCUT2D eigenvalue weighted by Crippen LogP contribution is 2.27. The van der Waals surface area contributed by atoms with E-state index in [1.54, 1.807) is 23.0 Å². The first-order valence-corrected chi connectivity index (χ1v) is 9.90. The van der Waals surface area contributed by atoms with Gasteiger partial charge in [-0.25, -0.2) is 14.6 Å². The lowest BCUT2D eigenvalue weighted by atomic mass is 10.3. The number of fused-ring (bicyclic) bond motifs is 1. The Morgan fingerprint density at radius 1 is 1.33 bits per heavy atom. The zero-order valence-corrected chi connectivity index (χ0v) is 15.7. The third-order valence-corrected chi connectivity index (χ3v) is 4.85. The van der Waals surface area contributed by atoms with E-state index < -0.39 is 0 Å². The second kappa shape index (κ2) is 7.97. The monoisotopic (exact) mass is 388 g/mol. The van der Waals surface area contributed by atoms with Gasteiger partial charge in [-0.3, -0.25) is 4.79 Å². The molecule has 3 aromatic heterocycles. The van der Waals surface area contributed by atoms with Crippen molar-refractivity contribution >= 4 is 34.5 Å². The predicted molar refractivity (Wildman–Crippen MR) is 101 cm³/mol. The van der Waals surface area contributed by atoms with E-state index in [1.165, 1.54) is 18.0 Å². The molecule has 0 unspecified atom stereocenters. The minimum atomic E-state index is -0.245. The molecule has 4 heterocycles. The van der Waals surface area contributed by atoms with Gasteiger partial charge in [-0.05, 0) is 18.4 Å². The number of morpholine rings is 1. The van der Waals surface area contributed by atoms with Gasteiger partial charge >= 0.3 is 0 Å². The van der Waals surface area contributed by atoms with E-state index in [2.05, 4.69) is 25.3 Å². The smallest absolute Gasteiger partial charge is 0.287 e. The maximum atomic E-state index is 12.0. The molecule has 0 aromatic carbocycles. The summed E-state index contributed by atoms with van der Waals surface area (Å²) in [6, 6.07) is 3.31. The lowest BCUT2D eigenvalue weighted by molar-refractivity contribution is 0.0924. The van der Waals surface area contributed by atoms with Crippen LogP contribution in [-0.2, 0) is 11.3 Å². The zero-order valence-electron chi connectivity index (χ0n) is 14.9. The van der Waals surface area contributed by atoms with Crippen LogP contribution >= 0.6 is 11.8 Å². The van der Waals surface area contributed by atoms with Crippen LogP contribution in [0, 0.1) is 0 Å². The van der Waals surface area contributed by atoms with Gasteiger partial charge in [0.15, 0.2) is 16.6 Å². The van der Waals surface area contributed by atoms with Gasteiger partial charge in [-0.1, -0.05) is 11.8 Å². The summed E-state index contributed by atoms with van der Waals surface area (Å²) in [4.78, 5) is 23.5. The summed E-state index contributed by atoms with van der Waals surface area (Å²) < 4.78 is 12.3. The largest absolute Gasteiger partial charge is 0.459 e. The molecule has 0 radical (unpaired) electrons. The summed E-state index contributed by atoms with van der Waals surface area (Å²) >= 11 is 1.50. The Kier molecular flexibility index (Phi) is 5.26. The topological polar surface area (TPSA) is 98.3 Å². The summed E-state index contributed by atoms with van der Waals surface area (Å²) in [5.74, 6) is 0.935. The van der Waals surface area contributed by atoms with E-state index in [9.17, 15) is 4.79 Å². The van der Waals surface area contributed by atoms with E-state index >= 15 is 0 Å². The average molecular weight is 388 g/mol. The Labute approximate surface area is 160 Å². The zero-order chi connectivity index (χ0) is 18.6. The number of carbonyl (C=O) groups excluding carboxylic acids is 1. The van der Waals surface area contributed by atoms with Crippen molar-refractivity contribution in [1.29, 1.82) is 0 Å². The number of carbonyl (C=O) groups is 1. The molecule has 1 N–H and O–H groups in total. The maximum absolute atomic E-state index is 12.0. The Morgan fingerprint density at radius 2 is 2.19 bits per heavy atom. The van der Waals surface area contributed by atoms with Gasteiger partial charge in [0.05, 0.1) is 37.6 Å². The number of rotatable bonds is 6. The molecular weight excluding hydrogens is 368 g/mol. The van der Waals surface area contributed by atoms with Crippen molar-refractivity contribution in [3.63, 3.8) is 0 Å². The second-order valence-corrected chi connectivity index (χ2v) is 6.74. The molecule has 0 spiro atoms. The number of ether oxygens (including phenoxy) is 1. The number of furan rings is 1. The number of amides is 1. The molecule has 1 amide bonds. The van der Waals surface area contributed by atoms with E-state index in [-0.39, 0.29) is 5.91 Å². The van der Waals surface area contributed by atoms with Crippen molar-refractivity contribution < 1.29 is 13.9 Å². The summed E-state index contributed by atoms with van der Waals surface area (Å²) in [7, 11) is 0. The summed E-state index contributed by atoms with van der Waals surface area (Å²) in [6.07, 6.45) is 5.22. The number of nitrogens with zero attached hydrogens (tertiary/aromatic N) is 5. The quantitative estimate of drug-likeness (QED) is 0.500. The van der Waals surface area contributed by atoms with Crippen molar-refractivity contribution in [3.8, 4) is 0 Å². The molecule has 9 nitrogen and oxygen atoms in total. The Hall–Kier alpha value is -2.59. The maximum Gasteiger partial charge on any atom is 0.287 e. The number of anilines is 1. The Balaban J connectivity index is 1.54. The predicted octanol–water partition coefficient (Wildman–Crippen LogP) is 1.41. The van der Waals surface area contributed by atoms with Crippen LogP contribution in [0.2, 0.25) is 0 Å². The average Bonchev–Trinajstić information content (AvgIpc) is 3.38. The fourth-order valence-electron chi connectivity index (χ4n) is 2.96. The van der Waals surface area contributed by atoms with Gasteiger partial charge in [0.1, 0.15) is 5.82 Å². The van der Waals surface area contributed by atoms with Crippen LogP contribution in [0.3, 0.4) is 0 Å². The third kappa shape index (κ3) is 3.76. The molecule has 0 bridgehead atoms. The van der Waals surface area contributed by atoms with E-state index in [4.69, 9.17) is 9.15 Å². The number of hydrogen-bond acceptors (Lipinski definition) is 8. The van der Waals surface area contributed by atoms with Gasteiger partial charge in [-0.15, -0.1) is 0 Å². The van der Waals surface area contributed by atoms with E-state index in [1.807, 2.05) is 6.26 Å². The minimum absolute atomic E-state index is 0.245. The number of hydrogen-bond donors (Lipinski definition) is 1. The highest BCUT2D eigenvalue weighted by atomic mass is 32.2. The van der Waals surface area contributed by atoms with Gasteiger partial charge in [0.2, 0.25) is 0 Å². The summed E-state index contributed by atoms with van der Waals surface area (Å²) in [5, 5.41) is 8.89. The number of nitrogens with one attached hydrogen (secondary N) is 1. The third-order valence-electron chi connectivity index (χ3n) is 4.30. The molecule has 3 aromatic rings. The molecular formula is C17H20N6O3S. The fourth-order valence-corrected chi connectivity index (χ4v) is 3.32. The summed E-state index contributed by atoms with van der Waals surface area (Å²) in [5.41, 5.74) is 0.767. The highest BCUT2D eigenvalue weighted by molar-refractivity contribution is 7.98. The minimum Gasteiger partial charge on any atom is -0.459 e. The number of aromatic nitrogens is 4. The Morgan fingerprint density at radius 3 is 2.93 bits per heavy atom. The van der Waals surface area contributed by atoms with Crippen LogP contribution in [0.15, 0.2) is 34.2 Å². The molecule has 1 fully saturated rings. The van der Waals surface area contributed by atoms with Crippen molar-refractivity contribution in [3.05, 3.63) is 30.4 Å². The van der Waals surface area contributed by atoms with Gasteiger partial charge in [0.25, 0.3) is 5.91 Å². The van der Waals surface area contributed by atoms with Crippen LogP contribution < -0.4 is 10.2 Å². The molecule has 1 saturated heterocycles. The van der Waals surface area contributed by atoms with Gasteiger partial charge in [-0.2, -0.15) is 5.10 Å². The molecule has 4 rings (SSSR count). The molecule has 142 valence electrons. The van der Waals surface area contributed by atoms with E-state index in [0.29, 0.717) is 37.2 Å². The van der Waals surface area contributed by atoms with E-state index in [0.717, 1.165) is 29.9 Å². The van der Waals surface area contributed by atoms with Crippen molar-refractivity contribution in [2.45, 2.75) is 11.7 Å². The lowest BCUT2D eigenvalue weighted by Gasteiger charge is -2.28. The normalized spacial score (nSPS) is 14.6. The van der Waals surface area contributed by atoms with Crippen LogP contribution in [0.4, 0.5) is 5.82 Å². The van der Waals surface area contributed by atoms with Crippen molar-refractivity contribution in [1.82, 2.24) is 25.1 Å². The van der Waals surface area contributed by atoms with Crippen molar-refractivity contribution in [2.75, 3.05) is 44.0 Å². The molecule has 27 heavy (non-hydrogen) atoms. The lowest BCUT2D eigenvalue weighted by Crippen LogP contribution is -2.37. The highest BCUT2D eigenvalue weighted by Gasteiger charge is 2.20. The number of thioether (sulfide) groups is 1. The van der Waals surface area contributed by atoms with Crippen LogP contribution in [0.1, 0.15) is 10.6 Å². The molecule has 10 heteroatoms. The standard InChI is InChI=1S/C17H20N6O3S/c1-27-17-20-14(22-6-9-25-10-7-22)12-11-19-23(15(12)21-17)5-4-18-16(24)13-3-2-8-26-13/h2-3,8,11H,4-7,9-10H2,1H3,(H,18,24). The van der Waals surface area contributed by atoms with Crippen molar-refractivity contribution in [2.24, 2.45) is 0 Å². The molecule has 0 saturated carbocycles. The van der Waals surface area contributed by atoms with Crippen LogP contribution in [0.5, 0.6) is 0 Å². The fraction of sp³-hybridized carbons (Fsp3) is 0.412. The van der Waals surface area contributed by atoms with Gasteiger partial charge < -0.3 is 19.4 Å². The molecule has 1 aliphatic heterocycles. The first kappa shape index (κ1) is 17.8. The second-order valence-electron chi connectivity index (χ2n) is 5.97. The first-order chi connectivity index (χ1) is 13.3. The molecule has 0 atom stereocenters. The molecule has 0 aliphatic carbocycles. The van der Waals surface area contributed by atoms with Crippen LogP contribution in [0.25, 0.3) is 11.0 Å². The summed E-state index contributed by atoms with van der Waals surface area (Å²) in [6.45, 7) is 3.89. The SMILES string of the molecule is CSc1nc(N2CCOCC2)c2cnn(CCNC(=O)c3ccco3)c2n1. The van der Waals surface area contributed by atoms with Gasteiger partial charge in [0, 0.05) is 19.6 Å².